The van der Waals surface area contributed by atoms with E-state index in [0.717, 1.165) is 25.7 Å². The molecular formula is C13H25NO. The molecule has 2 N–H and O–H groups in total. The predicted molar refractivity (Wildman–Crippen MR) is 64.8 cm³/mol. The van der Waals surface area contributed by atoms with E-state index in [4.69, 9.17) is 10.5 Å². The third-order valence-corrected chi connectivity index (χ3v) is 3.71. The second-order valence-electron chi connectivity index (χ2n) is 4.66. The van der Waals surface area contributed by atoms with Gasteiger partial charge in [0.15, 0.2) is 0 Å². The molecule has 1 aliphatic carbocycles. The summed E-state index contributed by atoms with van der Waals surface area (Å²) in [5.74, 6) is 0. The zero-order valence-corrected chi connectivity index (χ0v) is 10.0. The maximum Gasteiger partial charge on any atom is 0.0828 e. The minimum absolute atomic E-state index is 0.0262. The molecule has 0 heterocycles. The van der Waals surface area contributed by atoms with Crippen LogP contribution in [0.25, 0.3) is 0 Å². The quantitative estimate of drug-likeness (QED) is 0.495. The number of unbranched alkanes of at least 4 members (excludes halogenated alkanes) is 3. The fraction of sp³-hybridized carbons (Fsp3) is 0.846. The second-order valence-corrected chi connectivity index (χ2v) is 4.66. The molecule has 88 valence electrons. The van der Waals surface area contributed by atoms with Crippen molar-refractivity contribution in [1.82, 2.24) is 0 Å². The highest BCUT2D eigenvalue weighted by Crippen LogP contribution is 2.38. The molecule has 0 saturated heterocycles. The molecule has 2 heteroatoms. The van der Waals surface area contributed by atoms with Crippen LogP contribution < -0.4 is 5.73 Å². The van der Waals surface area contributed by atoms with Crippen LogP contribution in [-0.2, 0) is 4.74 Å². The Hall–Kier alpha value is -0.340. The van der Waals surface area contributed by atoms with Crippen molar-refractivity contribution in [2.45, 2.75) is 63.0 Å². The average Bonchev–Trinajstić information content (AvgIpc) is 2.17. The van der Waals surface area contributed by atoms with Gasteiger partial charge in [-0.1, -0.05) is 18.9 Å². The molecule has 1 saturated carbocycles. The molecule has 0 spiro atoms. The maximum atomic E-state index is 6.19. The molecule has 0 radical (unpaired) electrons. The fourth-order valence-corrected chi connectivity index (χ4v) is 2.34. The molecule has 0 aliphatic heterocycles. The van der Waals surface area contributed by atoms with Crippen molar-refractivity contribution in [2.24, 2.45) is 5.73 Å². The van der Waals surface area contributed by atoms with Crippen LogP contribution in [0, 0.1) is 0 Å². The van der Waals surface area contributed by atoms with E-state index in [2.05, 4.69) is 6.58 Å². The summed E-state index contributed by atoms with van der Waals surface area (Å²) in [6, 6.07) is 0.236. The van der Waals surface area contributed by atoms with Crippen molar-refractivity contribution in [1.29, 1.82) is 0 Å². The lowest BCUT2D eigenvalue weighted by Gasteiger charge is -2.45. The molecule has 0 aromatic carbocycles. The van der Waals surface area contributed by atoms with Gasteiger partial charge < -0.3 is 10.5 Å². The molecule has 2 nitrogen and oxygen atoms in total. The Balaban J connectivity index is 2.12. The number of rotatable bonds is 8. The van der Waals surface area contributed by atoms with Crippen LogP contribution in [0.3, 0.4) is 0 Å². The van der Waals surface area contributed by atoms with Gasteiger partial charge in [0.1, 0.15) is 0 Å². The first-order valence-corrected chi connectivity index (χ1v) is 6.17. The second kappa shape index (κ2) is 6.29. The molecule has 0 aromatic heterocycles. The summed E-state index contributed by atoms with van der Waals surface area (Å²) in [5, 5.41) is 0. The summed E-state index contributed by atoms with van der Waals surface area (Å²) in [5.41, 5.74) is 6.22. The van der Waals surface area contributed by atoms with Crippen LogP contribution >= 0.6 is 0 Å². The summed E-state index contributed by atoms with van der Waals surface area (Å²) < 4.78 is 5.57. The molecule has 1 fully saturated rings. The first-order chi connectivity index (χ1) is 7.25. The van der Waals surface area contributed by atoms with Crippen molar-refractivity contribution >= 4 is 0 Å². The Labute approximate surface area is 93.9 Å². The third-order valence-electron chi connectivity index (χ3n) is 3.71. The van der Waals surface area contributed by atoms with Crippen molar-refractivity contribution in [3.8, 4) is 0 Å². The van der Waals surface area contributed by atoms with Crippen molar-refractivity contribution < 1.29 is 4.74 Å². The Morgan fingerprint density at radius 2 is 2.13 bits per heavy atom. The van der Waals surface area contributed by atoms with Crippen LogP contribution in [0.15, 0.2) is 12.7 Å². The van der Waals surface area contributed by atoms with Gasteiger partial charge >= 0.3 is 0 Å². The first-order valence-electron chi connectivity index (χ1n) is 6.17. The number of hydrogen-bond acceptors (Lipinski definition) is 2. The Bertz CT molecular complexity index is 181. The minimum Gasteiger partial charge on any atom is -0.377 e. The third kappa shape index (κ3) is 3.32. The molecule has 0 amide bonds. The predicted octanol–water partition coefficient (Wildman–Crippen LogP) is 3.02. The van der Waals surface area contributed by atoms with Crippen molar-refractivity contribution in [2.75, 3.05) is 7.11 Å². The number of methoxy groups -OCH3 is 1. The van der Waals surface area contributed by atoms with Gasteiger partial charge in [0.05, 0.1) is 5.60 Å². The smallest absolute Gasteiger partial charge is 0.0828 e. The number of nitrogens with two attached hydrogens (primary N) is 1. The van der Waals surface area contributed by atoms with Gasteiger partial charge in [0, 0.05) is 13.2 Å². The fourth-order valence-electron chi connectivity index (χ4n) is 2.34. The van der Waals surface area contributed by atoms with Gasteiger partial charge in [-0.05, 0) is 38.5 Å². The number of ether oxygens (including phenoxy) is 1. The maximum absolute atomic E-state index is 6.19. The van der Waals surface area contributed by atoms with Gasteiger partial charge in [0.2, 0.25) is 0 Å². The van der Waals surface area contributed by atoms with E-state index in [9.17, 15) is 0 Å². The SMILES string of the molecule is C=CCCCCCC(N)C1(OC)CCC1. The summed E-state index contributed by atoms with van der Waals surface area (Å²) >= 11 is 0. The minimum atomic E-state index is 0.0262. The largest absolute Gasteiger partial charge is 0.377 e. The molecule has 1 aliphatic rings. The molecule has 1 unspecified atom stereocenters. The summed E-state index contributed by atoms with van der Waals surface area (Å²) in [6.45, 7) is 3.72. The lowest BCUT2D eigenvalue weighted by atomic mass is 9.73. The van der Waals surface area contributed by atoms with Crippen LogP contribution in [-0.4, -0.2) is 18.8 Å². The molecular weight excluding hydrogens is 186 g/mol. The van der Waals surface area contributed by atoms with Gasteiger partial charge in [-0.15, -0.1) is 6.58 Å². The number of hydrogen-bond donors (Lipinski definition) is 1. The molecule has 0 aromatic rings. The molecule has 1 rings (SSSR count). The van der Waals surface area contributed by atoms with Gasteiger partial charge in [-0.25, -0.2) is 0 Å². The highest BCUT2D eigenvalue weighted by Gasteiger charge is 2.42. The van der Waals surface area contributed by atoms with E-state index >= 15 is 0 Å². The van der Waals surface area contributed by atoms with E-state index in [1.165, 1.54) is 25.7 Å². The Morgan fingerprint density at radius 3 is 2.60 bits per heavy atom. The lowest BCUT2D eigenvalue weighted by molar-refractivity contribution is -0.0917. The Morgan fingerprint density at radius 1 is 1.40 bits per heavy atom. The highest BCUT2D eigenvalue weighted by molar-refractivity contribution is 4.97. The van der Waals surface area contributed by atoms with Crippen molar-refractivity contribution in [3.05, 3.63) is 12.7 Å². The normalized spacial score (nSPS) is 20.7. The summed E-state index contributed by atoms with van der Waals surface area (Å²) in [4.78, 5) is 0. The van der Waals surface area contributed by atoms with Gasteiger partial charge in [-0.3, -0.25) is 0 Å². The van der Waals surface area contributed by atoms with Crippen molar-refractivity contribution in [3.63, 3.8) is 0 Å². The van der Waals surface area contributed by atoms with Gasteiger partial charge in [-0.2, -0.15) is 0 Å². The van der Waals surface area contributed by atoms with E-state index in [0.29, 0.717) is 0 Å². The molecule has 0 bridgehead atoms. The molecule has 15 heavy (non-hydrogen) atoms. The van der Waals surface area contributed by atoms with E-state index in [1.54, 1.807) is 7.11 Å². The van der Waals surface area contributed by atoms with E-state index < -0.39 is 0 Å². The first kappa shape index (κ1) is 12.7. The van der Waals surface area contributed by atoms with E-state index in [-0.39, 0.29) is 11.6 Å². The van der Waals surface area contributed by atoms with Crippen LogP contribution in [0.1, 0.15) is 51.4 Å². The van der Waals surface area contributed by atoms with Crippen LogP contribution in [0.2, 0.25) is 0 Å². The van der Waals surface area contributed by atoms with E-state index in [1.807, 2.05) is 6.08 Å². The zero-order valence-electron chi connectivity index (χ0n) is 10.0. The average molecular weight is 211 g/mol. The summed E-state index contributed by atoms with van der Waals surface area (Å²) in [7, 11) is 1.80. The monoisotopic (exact) mass is 211 g/mol. The number of allylic oxidation sites excluding steroid dienone is 1. The van der Waals surface area contributed by atoms with Crippen LogP contribution in [0.4, 0.5) is 0 Å². The topological polar surface area (TPSA) is 35.2 Å². The summed E-state index contributed by atoms with van der Waals surface area (Å²) in [6.07, 6.45) is 11.5. The van der Waals surface area contributed by atoms with Crippen LogP contribution in [0.5, 0.6) is 0 Å². The standard InChI is InChI=1S/C13H25NO/c1-3-4-5-6-7-9-12(14)13(15-2)10-8-11-13/h3,12H,1,4-11,14H2,2H3. The molecule has 1 atom stereocenters. The van der Waals surface area contributed by atoms with Gasteiger partial charge in [0.25, 0.3) is 0 Å². The highest BCUT2D eigenvalue weighted by atomic mass is 16.5. The Kier molecular flexibility index (Phi) is 5.34. The zero-order chi connectivity index (χ0) is 11.1. The lowest BCUT2D eigenvalue weighted by Crippen LogP contribution is -2.54.